The molecule has 0 radical (unpaired) electrons. The molecule has 5 rings (SSSR count). The van der Waals surface area contributed by atoms with Crippen LogP contribution in [0.1, 0.15) is 19.3 Å². The highest BCUT2D eigenvalue weighted by Gasteiger charge is 2.53. The monoisotopic (exact) mass is 262 g/mol. The van der Waals surface area contributed by atoms with Gasteiger partial charge in [-0.05, 0) is 49.4 Å². The van der Waals surface area contributed by atoms with Crippen molar-refractivity contribution in [2.45, 2.75) is 19.3 Å². The lowest BCUT2D eigenvalue weighted by Crippen LogP contribution is -2.55. The lowest BCUT2D eigenvalue weighted by molar-refractivity contribution is -0.119. The number of carbonyl (C=O) groups excluding carboxylic acids is 1. The summed E-state index contributed by atoms with van der Waals surface area (Å²) in [6.07, 6.45) is 3.36. The van der Waals surface area contributed by atoms with Crippen LogP contribution in [-0.2, 0) is 4.79 Å². The van der Waals surface area contributed by atoms with Crippen LogP contribution in [0.4, 0.5) is 5.00 Å². The molecule has 1 atom stereocenters. The maximum atomic E-state index is 12.3. The normalized spacial score (nSPS) is 38.9. The predicted octanol–water partition coefficient (Wildman–Crippen LogP) is 2.20. The molecule has 18 heavy (non-hydrogen) atoms. The Morgan fingerprint density at radius 2 is 2.11 bits per heavy atom. The van der Waals surface area contributed by atoms with E-state index in [0.717, 1.165) is 30.4 Å². The second kappa shape index (κ2) is 3.81. The van der Waals surface area contributed by atoms with Crippen LogP contribution >= 0.6 is 11.3 Å². The van der Waals surface area contributed by atoms with Gasteiger partial charge in [0.05, 0.1) is 5.00 Å². The molecule has 4 heteroatoms. The maximum absolute atomic E-state index is 12.3. The molecule has 5 heterocycles. The highest BCUT2D eigenvalue weighted by molar-refractivity contribution is 7.14. The molecule has 1 unspecified atom stereocenters. The molecule has 0 aromatic carbocycles. The number of hydrogen-bond acceptors (Lipinski definition) is 3. The van der Waals surface area contributed by atoms with Crippen molar-refractivity contribution in [2.24, 2.45) is 11.3 Å². The fourth-order valence-electron chi connectivity index (χ4n) is 4.14. The first-order chi connectivity index (χ1) is 8.77. The van der Waals surface area contributed by atoms with Crippen LogP contribution in [0.15, 0.2) is 17.5 Å². The van der Waals surface area contributed by atoms with Gasteiger partial charge in [-0.3, -0.25) is 4.79 Å². The highest BCUT2D eigenvalue weighted by atomic mass is 32.1. The number of hydrogen-bond donors (Lipinski definition) is 0. The lowest BCUT2D eigenvalue weighted by Gasteiger charge is -2.51. The van der Waals surface area contributed by atoms with E-state index < -0.39 is 0 Å². The fourth-order valence-corrected chi connectivity index (χ4v) is 4.88. The SMILES string of the molecule is O=C1CC2(CN3CCC2CC3)CN1c1cccs1. The summed E-state index contributed by atoms with van der Waals surface area (Å²) in [4.78, 5) is 16.9. The van der Waals surface area contributed by atoms with Crippen molar-refractivity contribution >= 4 is 22.2 Å². The highest BCUT2D eigenvalue weighted by Crippen LogP contribution is 2.49. The van der Waals surface area contributed by atoms with Gasteiger partial charge in [-0.1, -0.05) is 0 Å². The van der Waals surface area contributed by atoms with Crippen molar-refractivity contribution in [1.29, 1.82) is 0 Å². The van der Waals surface area contributed by atoms with Gasteiger partial charge in [-0.2, -0.15) is 0 Å². The first kappa shape index (κ1) is 11.0. The second-order valence-corrected chi connectivity index (χ2v) is 6.95. The molecule has 4 fully saturated rings. The molecule has 0 N–H and O–H groups in total. The zero-order valence-corrected chi connectivity index (χ0v) is 11.3. The lowest BCUT2D eigenvalue weighted by atomic mass is 9.66. The minimum atomic E-state index is 0.261. The van der Waals surface area contributed by atoms with Crippen molar-refractivity contribution < 1.29 is 4.79 Å². The van der Waals surface area contributed by atoms with Gasteiger partial charge in [0.15, 0.2) is 0 Å². The van der Waals surface area contributed by atoms with E-state index in [2.05, 4.69) is 16.3 Å². The van der Waals surface area contributed by atoms with Crippen molar-refractivity contribution in [3.05, 3.63) is 17.5 Å². The van der Waals surface area contributed by atoms with Gasteiger partial charge in [0.25, 0.3) is 0 Å². The van der Waals surface area contributed by atoms with Crippen LogP contribution in [-0.4, -0.2) is 37.0 Å². The van der Waals surface area contributed by atoms with Crippen LogP contribution in [0.5, 0.6) is 0 Å². The smallest absolute Gasteiger partial charge is 0.228 e. The van der Waals surface area contributed by atoms with E-state index in [0.29, 0.717) is 5.91 Å². The minimum Gasteiger partial charge on any atom is -0.303 e. The van der Waals surface area contributed by atoms with Crippen LogP contribution in [0.25, 0.3) is 0 Å². The number of carbonyl (C=O) groups is 1. The van der Waals surface area contributed by atoms with E-state index in [9.17, 15) is 4.79 Å². The number of nitrogens with zero attached hydrogens (tertiary/aromatic N) is 2. The Hall–Kier alpha value is -0.870. The van der Waals surface area contributed by atoms with Gasteiger partial charge >= 0.3 is 0 Å². The molecule has 0 saturated carbocycles. The molecule has 0 aliphatic carbocycles. The topological polar surface area (TPSA) is 23.6 Å². The van der Waals surface area contributed by atoms with Gasteiger partial charge < -0.3 is 9.80 Å². The van der Waals surface area contributed by atoms with Gasteiger partial charge in [0.1, 0.15) is 0 Å². The Bertz CT molecular complexity index is 464. The van der Waals surface area contributed by atoms with E-state index in [1.807, 2.05) is 11.0 Å². The predicted molar refractivity (Wildman–Crippen MR) is 72.9 cm³/mol. The van der Waals surface area contributed by atoms with Gasteiger partial charge in [0, 0.05) is 24.9 Å². The molecule has 4 aliphatic heterocycles. The number of amides is 1. The fraction of sp³-hybridized carbons (Fsp3) is 0.643. The van der Waals surface area contributed by atoms with Crippen molar-refractivity contribution in [3.63, 3.8) is 0 Å². The zero-order valence-electron chi connectivity index (χ0n) is 10.5. The molecule has 96 valence electrons. The van der Waals surface area contributed by atoms with E-state index in [4.69, 9.17) is 0 Å². The Kier molecular flexibility index (Phi) is 2.33. The summed E-state index contributed by atoms with van der Waals surface area (Å²) in [6, 6.07) is 4.11. The summed E-state index contributed by atoms with van der Waals surface area (Å²) >= 11 is 1.68. The van der Waals surface area contributed by atoms with Crippen LogP contribution < -0.4 is 4.90 Å². The number of thiophene rings is 1. The average molecular weight is 262 g/mol. The van der Waals surface area contributed by atoms with Crippen molar-refractivity contribution in [2.75, 3.05) is 31.1 Å². The number of anilines is 1. The van der Waals surface area contributed by atoms with E-state index >= 15 is 0 Å². The van der Waals surface area contributed by atoms with E-state index in [1.54, 1.807) is 11.3 Å². The van der Waals surface area contributed by atoms with Gasteiger partial charge in [-0.25, -0.2) is 0 Å². The van der Waals surface area contributed by atoms with E-state index in [1.165, 1.54) is 25.9 Å². The number of fused-ring (bicyclic) bond motifs is 2. The molecule has 2 bridgehead atoms. The van der Waals surface area contributed by atoms with Crippen LogP contribution in [0.2, 0.25) is 0 Å². The average Bonchev–Trinajstić information content (AvgIpc) is 2.99. The van der Waals surface area contributed by atoms with Crippen LogP contribution in [0, 0.1) is 11.3 Å². The Labute approximate surface area is 111 Å². The summed E-state index contributed by atoms with van der Waals surface area (Å²) in [5.41, 5.74) is 0.261. The third-order valence-electron chi connectivity index (χ3n) is 5.04. The third kappa shape index (κ3) is 1.48. The third-order valence-corrected chi connectivity index (χ3v) is 5.93. The molecular formula is C14H18N2OS. The summed E-state index contributed by atoms with van der Waals surface area (Å²) in [5.74, 6) is 1.11. The molecule has 3 nitrogen and oxygen atoms in total. The quantitative estimate of drug-likeness (QED) is 0.774. The Morgan fingerprint density at radius 1 is 1.28 bits per heavy atom. The maximum Gasteiger partial charge on any atom is 0.228 e. The summed E-state index contributed by atoms with van der Waals surface area (Å²) in [5, 5.41) is 3.19. The molecule has 1 aromatic rings. The first-order valence-corrected chi connectivity index (χ1v) is 7.71. The molecule has 1 spiro atoms. The number of rotatable bonds is 1. The van der Waals surface area contributed by atoms with Gasteiger partial charge in [0.2, 0.25) is 5.91 Å². The van der Waals surface area contributed by atoms with Crippen LogP contribution in [0.3, 0.4) is 0 Å². The largest absolute Gasteiger partial charge is 0.303 e. The molecule has 4 aliphatic rings. The standard InChI is InChI=1S/C14H18N2OS/c17-12-8-14(9-15-5-3-11(14)4-6-15)10-16(12)13-2-1-7-18-13/h1-2,7,11H,3-6,8-10H2. The van der Waals surface area contributed by atoms with Crippen molar-refractivity contribution in [1.82, 2.24) is 4.90 Å². The second-order valence-electron chi connectivity index (χ2n) is 6.02. The summed E-state index contributed by atoms with van der Waals surface area (Å²) in [7, 11) is 0. The molecule has 1 amide bonds. The van der Waals surface area contributed by atoms with Crippen molar-refractivity contribution in [3.8, 4) is 0 Å². The van der Waals surface area contributed by atoms with Gasteiger partial charge in [-0.15, -0.1) is 11.3 Å². The molecule has 1 aromatic heterocycles. The zero-order chi connectivity index (χ0) is 12.2. The Morgan fingerprint density at radius 3 is 2.72 bits per heavy atom. The first-order valence-electron chi connectivity index (χ1n) is 6.83. The minimum absolute atomic E-state index is 0.261. The summed E-state index contributed by atoms with van der Waals surface area (Å²) in [6.45, 7) is 4.60. The Balaban J connectivity index is 1.64. The molecule has 4 saturated heterocycles. The van der Waals surface area contributed by atoms with E-state index in [-0.39, 0.29) is 5.41 Å². The summed E-state index contributed by atoms with van der Waals surface area (Å²) < 4.78 is 0. The molecular weight excluding hydrogens is 244 g/mol. The number of piperidine rings is 3.